The molecule has 2 aliphatic rings. The van der Waals surface area contributed by atoms with Crippen molar-refractivity contribution in [2.24, 2.45) is 17.3 Å². The van der Waals surface area contributed by atoms with Gasteiger partial charge in [-0.05, 0) is 67.2 Å². The number of fused-ring (bicyclic) bond motifs is 1. The number of hydrogen-bond acceptors (Lipinski definition) is 8. The van der Waals surface area contributed by atoms with Crippen LogP contribution in [0.1, 0.15) is 57.7 Å². The number of benzene rings is 2. The lowest BCUT2D eigenvalue weighted by Crippen LogP contribution is -2.57. The number of hydrogen-bond donors (Lipinski definition) is 2. The number of nitrogens with one attached hydrogen (secondary N) is 1. The summed E-state index contributed by atoms with van der Waals surface area (Å²) in [5, 5.41) is 13.4. The average molecular weight is 671 g/mol. The van der Waals surface area contributed by atoms with Crippen molar-refractivity contribution in [1.29, 1.82) is 0 Å². The van der Waals surface area contributed by atoms with Gasteiger partial charge in [0.2, 0.25) is 11.8 Å². The van der Waals surface area contributed by atoms with Gasteiger partial charge in [0, 0.05) is 12.0 Å². The minimum atomic E-state index is -1.25. The van der Waals surface area contributed by atoms with E-state index in [1.807, 2.05) is 57.2 Å². The van der Waals surface area contributed by atoms with Gasteiger partial charge in [0.05, 0.1) is 24.7 Å². The summed E-state index contributed by atoms with van der Waals surface area (Å²) in [7, 11) is 1.56. The maximum absolute atomic E-state index is 14.4. The second-order valence-corrected chi connectivity index (χ2v) is 13.9. The number of ether oxygens (including phenoxy) is 3. The minimum absolute atomic E-state index is 0.0565. The summed E-state index contributed by atoms with van der Waals surface area (Å²) >= 11 is 0. The van der Waals surface area contributed by atoms with Crippen LogP contribution in [-0.2, 0) is 20.7 Å². The molecule has 2 amide bonds. The van der Waals surface area contributed by atoms with Crippen molar-refractivity contribution in [3.05, 3.63) is 79.0 Å². The highest BCUT2D eigenvalue weighted by atomic mass is 16.6. The Morgan fingerprint density at radius 2 is 1.84 bits per heavy atom. The molecule has 1 saturated heterocycles. The molecule has 0 unspecified atom stereocenters. The number of aromatic nitrogens is 2. The lowest BCUT2D eigenvalue weighted by atomic mass is 9.85. The first kappa shape index (κ1) is 35.4. The molecular weight excluding hydrogens is 624 g/mol. The third kappa shape index (κ3) is 8.39. The van der Waals surface area contributed by atoms with E-state index in [9.17, 15) is 19.5 Å². The van der Waals surface area contributed by atoms with Crippen LogP contribution in [0.2, 0.25) is 0 Å². The van der Waals surface area contributed by atoms with Gasteiger partial charge in [-0.2, -0.15) is 0 Å². The van der Waals surface area contributed by atoms with Crippen molar-refractivity contribution in [1.82, 2.24) is 20.2 Å². The largest absolute Gasteiger partial charge is 0.497 e. The van der Waals surface area contributed by atoms with Crippen LogP contribution < -0.4 is 14.8 Å². The number of methoxy groups -OCH3 is 1. The summed E-state index contributed by atoms with van der Waals surface area (Å²) in [6.07, 6.45) is 5.64. The molecule has 2 heterocycles. The summed E-state index contributed by atoms with van der Waals surface area (Å²) in [5.41, 5.74) is 1.64. The number of carbonyl (C=O) groups excluding carboxylic acids is 2. The van der Waals surface area contributed by atoms with Gasteiger partial charge in [-0.1, -0.05) is 63.8 Å². The van der Waals surface area contributed by atoms with Crippen LogP contribution in [0.3, 0.4) is 0 Å². The number of carboxylic acid groups (broad SMARTS) is 1. The predicted molar refractivity (Wildman–Crippen MR) is 186 cm³/mol. The Kier molecular flexibility index (Phi) is 10.9. The number of alkyl carbamates (subject to hydrolysis) is 1. The SMILES string of the molecule is C=CCCC[C@@H]1C[C@H]1OC(=O)N[C@H](C(=O)N1C[C@H](Oc2nc3cc(OC)ccc3nc2C=C)[C@@H](Cc2ccccc2)[C@H]1C(=O)O)C(C)(C)C. The Balaban J connectivity index is 1.43. The van der Waals surface area contributed by atoms with Crippen LogP contribution in [0, 0.1) is 17.3 Å². The third-order valence-electron chi connectivity index (χ3n) is 9.24. The van der Waals surface area contributed by atoms with E-state index < -0.39 is 47.5 Å². The molecule has 0 bridgehead atoms. The van der Waals surface area contributed by atoms with Crippen molar-refractivity contribution in [2.45, 2.75) is 77.2 Å². The predicted octanol–water partition coefficient (Wildman–Crippen LogP) is 6.07. The van der Waals surface area contributed by atoms with E-state index in [0.29, 0.717) is 34.8 Å². The fraction of sp³-hybridized carbons (Fsp3) is 0.447. The van der Waals surface area contributed by atoms with E-state index in [1.165, 1.54) is 11.0 Å². The highest BCUT2D eigenvalue weighted by Crippen LogP contribution is 2.39. The molecule has 5 rings (SSSR count). The molecule has 260 valence electrons. The van der Waals surface area contributed by atoms with Crippen molar-refractivity contribution in [3.8, 4) is 11.6 Å². The highest BCUT2D eigenvalue weighted by molar-refractivity contribution is 5.91. The van der Waals surface area contributed by atoms with Crippen molar-refractivity contribution in [3.63, 3.8) is 0 Å². The van der Waals surface area contributed by atoms with Crippen LogP contribution in [0.15, 0.2) is 67.8 Å². The number of aliphatic carboxylic acids is 1. The van der Waals surface area contributed by atoms with Gasteiger partial charge < -0.3 is 29.5 Å². The summed E-state index contributed by atoms with van der Waals surface area (Å²) < 4.78 is 17.6. The smallest absolute Gasteiger partial charge is 0.408 e. The van der Waals surface area contributed by atoms with E-state index in [0.717, 1.165) is 31.2 Å². The quantitative estimate of drug-likeness (QED) is 0.155. The van der Waals surface area contributed by atoms with Gasteiger partial charge in [-0.3, -0.25) is 4.79 Å². The number of unbranched alkanes of at least 4 members (excludes halogenated alkanes) is 1. The van der Waals surface area contributed by atoms with E-state index in [-0.39, 0.29) is 18.5 Å². The van der Waals surface area contributed by atoms with E-state index in [4.69, 9.17) is 19.2 Å². The molecular formula is C38H46N4O7. The van der Waals surface area contributed by atoms with Crippen LogP contribution in [-0.4, -0.2) is 75.9 Å². The third-order valence-corrected chi connectivity index (χ3v) is 9.24. The van der Waals surface area contributed by atoms with Crippen molar-refractivity contribution >= 4 is 35.1 Å². The number of carbonyl (C=O) groups is 3. The monoisotopic (exact) mass is 670 g/mol. The molecule has 0 spiro atoms. The molecule has 2 aromatic carbocycles. The van der Waals surface area contributed by atoms with Gasteiger partial charge in [-0.15, -0.1) is 6.58 Å². The van der Waals surface area contributed by atoms with E-state index >= 15 is 0 Å². The first-order chi connectivity index (χ1) is 23.4. The first-order valence-electron chi connectivity index (χ1n) is 16.7. The molecule has 3 aromatic rings. The first-order valence-corrected chi connectivity index (χ1v) is 16.7. The number of rotatable bonds is 14. The number of amides is 2. The second-order valence-electron chi connectivity index (χ2n) is 13.9. The Bertz CT molecular complexity index is 1690. The molecule has 1 aromatic heterocycles. The van der Waals surface area contributed by atoms with Crippen LogP contribution in [0.5, 0.6) is 11.6 Å². The summed E-state index contributed by atoms with van der Waals surface area (Å²) in [6, 6.07) is 12.5. The summed E-state index contributed by atoms with van der Waals surface area (Å²) in [4.78, 5) is 51.2. The molecule has 1 aliphatic heterocycles. The number of likely N-dealkylation sites (tertiary alicyclic amines) is 1. The lowest BCUT2D eigenvalue weighted by Gasteiger charge is -2.35. The van der Waals surface area contributed by atoms with E-state index in [2.05, 4.69) is 23.5 Å². The molecule has 2 fully saturated rings. The van der Waals surface area contributed by atoms with Crippen LogP contribution in [0.4, 0.5) is 4.79 Å². The Morgan fingerprint density at radius 3 is 2.49 bits per heavy atom. The Labute approximate surface area is 287 Å². The fourth-order valence-corrected chi connectivity index (χ4v) is 6.49. The normalized spacial score (nSPS) is 22.2. The highest BCUT2D eigenvalue weighted by Gasteiger charge is 2.52. The lowest BCUT2D eigenvalue weighted by molar-refractivity contribution is -0.151. The summed E-state index contributed by atoms with van der Waals surface area (Å²) in [6.45, 7) is 13.0. The van der Waals surface area contributed by atoms with Crippen LogP contribution in [0.25, 0.3) is 17.1 Å². The zero-order chi connectivity index (χ0) is 35.3. The van der Waals surface area contributed by atoms with Gasteiger partial charge in [0.15, 0.2) is 0 Å². The number of allylic oxidation sites excluding steroid dienone is 1. The molecule has 2 N–H and O–H groups in total. The molecule has 0 radical (unpaired) electrons. The van der Waals surface area contributed by atoms with Crippen molar-refractivity contribution < 1.29 is 33.7 Å². The average Bonchev–Trinajstić information content (AvgIpc) is 3.71. The molecule has 11 heteroatoms. The van der Waals surface area contributed by atoms with E-state index in [1.54, 1.807) is 25.3 Å². The number of nitrogens with zero attached hydrogens (tertiary/aromatic N) is 3. The van der Waals surface area contributed by atoms with Gasteiger partial charge >= 0.3 is 12.1 Å². The second kappa shape index (κ2) is 15.1. The zero-order valence-corrected chi connectivity index (χ0v) is 28.6. The topological polar surface area (TPSA) is 140 Å². The maximum atomic E-state index is 14.4. The molecule has 11 nitrogen and oxygen atoms in total. The molecule has 1 aliphatic carbocycles. The van der Waals surface area contributed by atoms with Gasteiger partial charge in [0.1, 0.15) is 35.7 Å². The van der Waals surface area contributed by atoms with Crippen LogP contribution >= 0.6 is 0 Å². The summed E-state index contributed by atoms with van der Waals surface area (Å²) in [5.74, 6) is -1.32. The standard InChI is InChI=1S/C38H46N4O7/c1-7-9-11-16-24-20-30(24)49-37(46)41-33(38(3,4)5)35(43)42-22-31(26(32(42)36(44)45)19-23-14-12-10-13-15-23)48-34-27(8-2)39-28-18-17-25(47-6)21-29(28)40-34/h7-8,10,12-15,17-18,21,24,26,30-33H,1-2,9,11,16,19-20,22H2,3-6H3,(H,41,46)(H,44,45)/t24-,26-,30-,31+,32+,33-/m1/s1. The molecule has 6 atom stereocenters. The maximum Gasteiger partial charge on any atom is 0.408 e. The van der Waals surface area contributed by atoms with Gasteiger partial charge in [0.25, 0.3) is 0 Å². The Morgan fingerprint density at radius 1 is 1.08 bits per heavy atom. The molecule has 49 heavy (non-hydrogen) atoms. The molecule has 1 saturated carbocycles. The van der Waals surface area contributed by atoms with Crippen molar-refractivity contribution in [2.75, 3.05) is 13.7 Å². The zero-order valence-electron chi connectivity index (χ0n) is 28.6. The number of carboxylic acids is 1. The van der Waals surface area contributed by atoms with Gasteiger partial charge in [-0.25, -0.2) is 19.6 Å². The Hall–Kier alpha value is -4.93. The fourth-order valence-electron chi connectivity index (χ4n) is 6.49. The minimum Gasteiger partial charge on any atom is -0.497 e.